The summed E-state index contributed by atoms with van der Waals surface area (Å²) in [6.07, 6.45) is 4.90. The van der Waals surface area contributed by atoms with Gasteiger partial charge in [0.1, 0.15) is 5.75 Å². The van der Waals surface area contributed by atoms with Gasteiger partial charge in [-0.3, -0.25) is 9.88 Å². The maximum absolute atomic E-state index is 9.86. The largest absolute Gasteiger partial charge is 0.506 e. The zero-order valence-electron chi connectivity index (χ0n) is 12.2. The van der Waals surface area contributed by atoms with Gasteiger partial charge in [0.15, 0.2) is 0 Å². The Balaban J connectivity index is 1.94. The van der Waals surface area contributed by atoms with Crippen LogP contribution in [-0.2, 0) is 6.54 Å². The Morgan fingerprint density at radius 3 is 2.63 bits per heavy atom. The third-order valence-corrected chi connectivity index (χ3v) is 4.22. The van der Waals surface area contributed by atoms with Gasteiger partial charge in [-0.25, -0.2) is 0 Å². The van der Waals surface area contributed by atoms with Gasteiger partial charge >= 0.3 is 0 Å². The minimum Gasteiger partial charge on any atom is -0.506 e. The van der Waals surface area contributed by atoms with Gasteiger partial charge in [-0.15, -0.1) is 0 Å². The monoisotopic (exact) mass is 263 g/mol. The SMILES string of the molecule is CNC1CCC(N(C)Cc2nc(C)ccc2O)CC1. The molecular formula is C15H25N3O. The van der Waals surface area contributed by atoms with E-state index in [9.17, 15) is 5.11 Å². The summed E-state index contributed by atoms with van der Waals surface area (Å²) in [7, 11) is 4.18. The highest BCUT2D eigenvalue weighted by Gasteiger charge is 2.23. The molecule has 1 fully saturated rings. The standard InChI is InChI=1S/C15H25N3O/c1-11-4-9-15(19)14(17-11)10-18(3)13-7-5-12(16-2)6-8-13/h4,9,12-13,16,19H,5-8,10H2,1-3H3. The third kappa shape index (κ3) is 3.67. The van der Waals surface area contributed by atoms with E-state index < -0.39 is 0 Å². The maximum Gasteiger partial charge on any atom is 0.138 e. The summed E-state index contributed by atoms with van der Waals surface area (Å²) >= 11 is 0. The summed E-state index contributed by atoms with van der Waals surface area (Å²) in [5, 5.41) is 13.2. The van der Waals surface area contributed by atoms with E-state index in [1.54, 1.807) is 6.07 Å². The summed E-state index contributed by atoms with van der Waals surface area (Å²) in [5.74, 6) is 0.307. The van der Waals surface area contributed by atoms with Gasteiger partial charge in [-0.1, -0.05) is 0 Å². The molecule has 0 aliphatic heterocycles. The van der Waals surface area contributed by atoms with E-state index in [2.05, 4.69) is 22.2 Å². The molecule has 0 atom stereocenters. The highest BCUT2D eigenvalue weighted by atomic mass is 16.3. The van der Waals surface area contributed by atoms with Gasteiger partial charge in [0.05, 0.1) is 5.69 Å². The molecule has 1 saturated carbocycles. The first-order valence-corrected chi connectivity index (χ1v) is 7.13. The summed E-state index contributed by atoms with van der Waals surface area (Å²) in [6.45, 7) is 2.68. The topological polar surface area (TPSA) is 48.4 Å². The number of hydrogen-bond donors (Lipinski definition) is 2. The van der Waals surface area contributed by atoms with Crippen LogP contribution in [0.5, 0.6) is 5.75 Å². The van der Waals surface area contributed by atoms with E-state index in [1.807, 2.05) is 20.0 Å². The molecular weight excluding hydrogens is 238 g/mol. The quantitative estimate of drug-likeness (QED) is 0.873. The average molecular weight is 263 g/mol. The lowest BCUT2D eigenvalue weighted by Gasteiger charge is -2.34. The first-order chi connectivity index (χ1) is 9.10. The number of aromatic hydroxyl groups is 1. The second kappa shape index (κ2) is 6.35. The maximum atomic E-state index is 9.86. The molecule has 0 spiro atoms. The zero-order chi connectivity index (χ0) is 13.8. The molecule has 0 radical (unpaired) electrons. The highest BCUT2D eigenvalue weighted by molar-refractivity contribution is 5.27. The minimum absolute atomic E-state index is 0.307. The second-order valence-corrected chi connectivity index (χ2v) is 5.63. The molecule has 0 bridgehead atoms. The molecule has 1 aliphatic rings. The van der Waals surface area contributed by atoms with Gasteiger partial charge in [0, 0.05) is 24.3 Å². The first kappa shape index (κ1) is 14.3. The molecule has 1 heterocycles. The van der Waals surface area contributed by atoms with Crippen LogP contribution in [0.4, 0.5) is 0 Å². The average Bonchev–Trinajstić information content (AvgIpc) is 2.43. The van der Waals surface area contributed by atoms with Crippen molar-refractivity contribution in [2.75, 3.05) is 14.1 Å². The molecule has 1 aromatic heterocycles. The van der Waals surface area contributed by atoms with Crippen molar-refractivity contribution in [1.82, 2.24) is 15.2 Å². The zero-order valence-corrected chi connectivity index (χ0v) is 12.2. The van der Waals surface area contributed by atoms with Crippen molar-refractivity contribution in [3.05, 3.63) is 23.5 Å². The number of pyridine rings is 1. The van der Waals surface area contributed by atoms with E-state index in [-0.39, 0.29) is 0 Å². The molecule has 0 unspecified atom stereocenters. The number of nitrogens with one attached hydrogen (secondary N) is 1. The van der Waals surface area contributed by atoms with Crippen molar-refractivity contribution in [2.45, 2.75) is 51.2 Å². The Kier molecular flexibility index (Phi) is 4.77. The Hall–Kier alpha value is -1.13. The summed E-state index contributed by atoms with van der Waals surface area (Å²) < 4.78 is 0. The summed E-state index contributed by atoms with van der Waals surface area (Å²) in [4.78, 5) is 6.76. The summed E-state index contributed by atoms with van der Waals surface area (Å²) in [6, 6.07) is 4.86. The van der Waals surface area contributed by atoms with Crippen LogP contribution in [0, 0.1) is 6.92 Å². The van der Waals surface area contributed by atoms with Crippen LogP contribution in [0.3, 0.4) is 0 Å². The van der Waals surface area contributed by atoms with Gasteiger partial charge in [0.25, 0.3) is 0 Å². The van der Waals surface area contributed by atoms with E-state index >= 15 is 0 Å². The lowest BCUT2D eigenvalue weighted by atomic mass is 9.90. The fourth-order valence-corrected chi connectivity index (χ4v) is 2.89. The minimum atomic E-state index is 0.307. The molecule has 0 amide bonds. The first-order valence-electron chi connectivity index (χ1n) is 7.13. The lowest BCUT2D eigenvalue weighted by molar-refractivity contribution is 0.167. The molecule has 0 saturated heterocycles. The fraction of sp³-hybridized carbons (Fsp3) is 0.667. The van der Waals surface area contributed by atoms with Gasteiger partial charge in [-0.2, -0.15) is 0 Å². The number of nitrogens with zero attached hydrogens (tertiary/aromatic N) is 2. The van der Waals surface area contributed by atoms with Gasteiger partial charge < -0.3 is 10.4 Å². The predicted molar refractivity (Wildman–Crippen MR) is 77.2 cm³/mol. The van der Waals surface area contributed by atoms with E-state index in [0.717, 1.165) is 17.9 Å². The molecule has 1 aromatic rings. The van der Waals surface area contributed by atoms with Gasteiger partial charge in [0.2, 0.25) is 0 Å². The van der Waals surface area contributed by atoms with Gasteiger partial charge in [-0.05, 0) is 58.8 Å². The molecule has 19 heavy (non-hydrogen) atoms. The normalized spacial score (nSPS) is 23.8. The summed E-state index contributed by atoms with van der Waals surface area (Å²) in [5.41, 5.74) is 1.75. The van der Waals surface area contributed by atoms with Crippen molar-refractivity contribution >= 4 is 0 Å². The molecule has 2 N–H and O–H groups in total. The Labute approximate surface area is 115 Å². The fourth-order valence-electron chi connectivity index (χ4n) is 2.89. The van der Waals surface area contributed by atoms with Crippen molar-refractivity contribution in [1.29, 1.82) is 0 Å². The molecule has 4 nitrogen and oxygen atoms in total. The highest BCUT2D eigenvalue weighted by Crippen LogP contribution is 2.24. The molecule has 106 valence electrons. The number of aryl methyl sites for hydroxylation is 1. The van der Waals surface area contributed by atoms with E-state index in [1.165, 1.54) is 25.7 Å². The Bertz CT molecular complexity index is 414. The second-order valence-electron chi connectivity index (χ2n) is 5.63. The van der Waals surface area contributed by atoms with E-state index in [4.69, 9.17) is 0 Å². The Morgan fingerprint density at radius 1 is 1.32 bits per heavy atom. The van der Waals surface area contributed by atoms with Crippen LogP contribution < -0.4 is 5.32 Å². The lowest BCUT2D eigenvalue weighted by Crippen LogP contribution is -2.39. The van der Waals surface area contributed by atoms with Crippen molar-refractivity contribution in [3.63, 3.8) is 0 Å². The van der Waals surface area contributed by atoms with Crippen LogP contribution in [0.1, 0.15) is 37.1 Å². The van der Waals surface area contributed by atoms with Crippen LogP contribution in [0.25, 0.3) is 0 Å². The number of hydrogen-bond acceptors (Lipinski definition) is 4. The third-order valence-electron chi connectivity index (χ3n) is 4.22. The molecule has 2 rings (SSSR count). The van der Waals surface area contributed by atoms with E-state index in [0.29, 0.717) is 17.8 Å². The molecule has 0 aromatic carbocycles. The van der Waals surface area contributed by atoms with Crippen LogP contribution in [-0.4, -0.2) is 41.2 Å². The number of aromatic nitrogens is 1. The van der Waals surface area contributed by atoms with Crippen molar-refractivity contribution < 1.29 is 5.11 Å². The molecule has 4 heteroatoms. The smallest absolute Gasteiger partial charge is 0.138 e. The van der Waals surface area contributed by atoms with Crippen LogP contribution in [0.2, 0.25) is 0 Å². The Morgan fingerprint density at radius 2 is 2.00 bits per heavy atom. The van der Waals surface area contributed by atoms with Crippen LogP contribution in [0.15, 0.2) is 12.1 Å². The van der Waals surface area contributed by atoms with Crippen molar-refractivity contribution in [3.8, 4) is 5.75 Å². The predicted octanol–water partition coefficient (Wildman–Crippen LogP) is 2.06. The molecule has 1 aliphatic carbocycles. The van der Waals surface area contributed by atoms with Crippen molar-refractivity contribution in [2.24, 2.45) is 0 Å². The van der Waals surface area contributed by atoms with Crippen LogP contribution >= 0.6 is 0 Å². The number of rotatable bonds is 4.